The zero-order chi connectivity index (χ0) is 18.4. The molecule has 7 nitrogen and oxygen atoms in total. The number of benzene rings is 2. The van der Waals surface area contributed by atoms with Gasteiger partial charge < -0.3 is 24.8 Å². The van der Waals surface area contributed by atoms with Crippen molar-refractivity contribution in [3.63, 3.8) is 0 Å². The topological polar surface area (TPSA) is 81.7 Å². The Morgan fingerprint density at radius 2 is 2.11 bits per heavy atom. The van der Waals surface area contributed by atoms with Crippen LogP contribution in [0.3, 0.4) is 0 Å². The van der Waals surface area contributed by atoms with Crippen LogP contribution < -0.4 is 24.8 Å². The lowest BCUT2D eigenvalue weighted by Crippen LogP contribution is -2.34. The van der Waals surface area contributed by atoms with Crippen LogP contribution in [0.5, 0.6) is 17.2 Å². The third-order valence-corrected chi connectivity index (χ3v) is 5.10. The van der Waals surface area contributed by atoms with E-state index in [0.29, 0.717) is 22.9 Å². The number of fused-ring (bicyclic) bond motifs is 2. The Labute approximate surface area is 158 Å². The second-order valence-electron chi connectivity index (χ2n) is 6.14. The van der Waals surface area contributed by atoms with E-state index >= 15 is 0 Å². The van der Waals surface area contributed by atoms with E-state index in [1.165, 1.54) is 11.3 Å². The van der Waals surface area contributed by atoms with Crippen LogP contribution in [0, 0.1) is 0 Å². The van der Waals surface area contributed by atoms with Crippen LogP contribution in [0.4, 0.5) is 16.5 Å². The van der Waals surface area contributed by atoms with E-state index in [-0.39, 0.29) is 12.7 Å². The Kier molecular flexibility index (Phi) is 3.64. The van der Waals surface area contributed by atoms with Gasteiger partial charge in [-0.25, -0.2) is 4.98 Å². The predicted molar refractivity (Wildman–Crippen MR) is 102 cm³/mol. The third kappa shape index (κ3) is 2.74. The van der Waals surface area contributed by atoms with Gasteiger partial charge in [0.15, 0.2) is 22.7 Å². The van der Waals surface area contributed by atoms with Crippen LogP contribution in [-0.2, 0) is 4.79 Å². The van der Waals surface area contributed by atoms with Crippen LogP contribution in [0.25, 0.3) is 11.1 Å². The Hall–Kier alpha value is -3.26. The lowest BCUT2D eigenvalue weighted by Gasteiger charge is -2.24. The number of rotatable bonds is 3. The maximum atomic E-state index is 12.0. The fraction of sp³-hybridized carbons (Fsp3) is 0.158. The number of nitrogens with zero attached hydrogens (tertiary/aromatic N) is 1. The normalized spacial score (nSPS) is 17.1. The van der Waals surface area contributed by atoms with Crippen molar-refractivity contribution in [2.24, 2.45) is 0 Å². The molecule has 0 radical (unpaired) electrons. The van der Waals surface area contributed by atoms with E-state index in [1.807, 2.05) is 35.7 Å². The van der Waals surface area contributed by atoms with Gasteiger partial charge in [0.05, 0.1) is 16.9 Å². The molecule has 1 amide bonds. The number of hydrogen-bond donors (Lipinski definition) is 2. The molecule has 5 rings (SSSR count). The highest BCUT2D eigenvalue weighted by atomic mass is 32.1. The summed E-state index contributed by atoms with van der Waals surface area (Å²) in [4.78, 5) is 16.3. The van der Waals surface area contributed by atoms with Crippen LogP contribution >= 0.6 is 11.3 Å². The van der Waals surface area contributed by atoms with Crippen LogP contribution in [0.15, 0.2) is 41.9 Å². The minimum Gasteiger partial charge on any atom is -0.479 e. The molecule has 3 heterocycles. The zero-order valence-corrected chi connectivity index (χ0v) is 15.1. The van der Waals surface area contributed by atoms with E-state index in [2.05, 4.69) is 15.6 Å². The number of thiazole rings is 1. The van der Waals surface area contributed by atoms with Gasteiger partial charge in [-0.3, -0.25) is 4.79 Å². The van der Waals surface area contributed by atoms with Crippen molar-refractivity contribution in [1.29, 1.82) is 0 Å². The Morgan fingerprint density at radius 3 is 2.96 bits per heavy atom. The Balaban J connectivity index is 1.63. The highest BCUT2D eigenvalue weighted by molar-refractivity contribution is 7.13. The Bertz CT molecular complexity index is 1040. The average Bonchev–Trinajstić information content (AvgIpc) is 3.34. The second kappa shape index (κ2) is 6.17. The van der Waals surface area contributed by atoms with Crippen LogP contribution in [0.1, 0.15) is 6.92 Å². The first-order valence-electron chi connectivity index (χ1n) is 8.40. The maximum Gasteiger partial charge on any atom is 0.265 e. The molecular formula is C19H15N3O4S. The molecule has 0 saturated heterocycles. The lowest BCUT2D eigenvalue weighted by atomic mass is 10.00. The van der Waals surface area contributed by atoms with Gasteiger partial charge in [0.1, 0.15) is 5.75 Å². The molecule has 2 N–H and O–H groups in total. The number of anilines is 3. The van der Waals surface area contributed by atoms with Gasteiger partial charge in [0.2, 0.25) is 6.79 Å². The van der Waals surface area contributed by atoms with Gasteiger partial charge in [-0.2, -0.15) is 0 Å². The molecule has 0 fully saturated rings. The largest absolute Gasteiger partial charge is 0.479 e. The van der Waals surface area contributed by atoms with Crippen LogP contribution in [-0.4, -0.2) is 23.8 Å². The standard InChI is InChI=1S/C19H15N3O4S/c1-10-18(23)21-13-8-11(2-4-14(13)26-10)16-12(22-19-20-6-7-27-19)3-5-15-17(16)25-9-24-15/h2-8,10H,9H2,1H3,(H,20,22)(H,21,23). The number of nitrogens with one attached hydrogen (secondary N) is 2. The minimum absolute atomic E-state index is 0.168. The molecule has 0 saturated carbocycles. The molecule has 8 heteroatoms. The minimum atomic E-state index is -0.511. The molecule has 0 spiro atoms. The molecule has 2 aromatic carbocycles. The molecule has 3 aromatic rings. The summed E-state index contributed by atoms with van der Waals surface area (Å²) in [7, 11) is 0. The molecule has 2 aliphatic heterocycles. The number of hydrogen-bond acceptors (Lipinski definition) is 7. The van der Waals surface area contributed by atoms with Crippen molar-refractivity contribution >= 4 is 33.8 Å². The molecule has 27 heavy (non-hydrogen) atoms. The Morgan fingerprint density at radius 1 is 1.22 bits per heavy atom. The summed E-state index contributed by atoms with van der Waals surface area (Å²) in [5, 5.41) is 8.90. The molecular weight excluding hydrogens is 366 g/mol. The van der Waals surface area contributed by atoms with E-state index in [0.717, 1.165) is 21.9 Å². The monoisotopic (exact) mass is 381 g/mol. The summed E-state index contributed by atoms with van der Waals surface area (Å²) < 4.78 is 16.9. The van der Waals surface area contributed by atoms with Crippen molar-refractivity contribution in [3.05, 3.63) is 41.9 Å². The number of carbonyl (C=O) groups is 1. The van der Waals surface area contributed by atoms with Crippen molar-refractivity contribution in [3.8, 4) is 28.4 Å². The SMILES string of the molecule is CC1Oc2ccc(-c3c(Nc4nccs4)ccc4c3OCO4)cc2NC1=O. The fourth-order valence-electron chi connectivity index (χ4n) is 3.13. The lowest BCUT2D eigenvalue weighted by molar-refractivity contribution is -0.122. The number of ether oxygens (including phenoxy) is 3. The van der Waals surface area contributed by atoms with E-state index in [4.69, 9.17) is 14.2 Å². The van der Waals surface area contributed by atoms with Crippen molar-refractivity contribution < 1.29 is 19.0 Å². The molecule has 1 atom stereocenters. The molecule has 1 unspecified atom stereocenters. The summed E-state index contributed by atoms with van der Waals surface area (Å²) in [5.74, 6) is 1.82. The van der Waals surface area contributed by atoms with E-state index in [9.17, 15) is 4.79 Å². The van der Waals surface area contributed by atoms with Crippen molar-refractivity contribution in [2.45, 2.75) is 13.0 Å². The highest BCUT2D eigenvalue weighted by Crippen LogP contribution is 2.48. The number of aromatic nitrogens is 1. The summed E-state index contributed by atoms with van der Waals surface area (Å²) in [5.41, 5.74) is 3.18. The number of carbonyl (C=O) groups excluding carboxylic acids is 1. The van der Waals surface area contributed by atoms with Gasteiger partial charge in [0.25, 0.3) is 5.91 Å². The maximum absolute atomic E-state index is 12.0. The summed E-state index contributed by atoms with van der Waals surface area (Å²) in [6.07, 6.45) is 1.23. The first kappa shape index (κ1) is 16.0. The molecule has 2 aliphatic rings. The third-order valence-electron chi connectivity index (χ3n) is 4.41. The fourth-order valence-corrected chi connectivity index (χ4v) is 3.67. The van der Waals surface area contributed by atoms with Crippen LogP contribution in [0.2, 0.25) is 0 Å². The molecule has 0 bridgehead atoms. The molecule has 136 valence electrons. The second-order valence-corrected chi connectivity index (χ2v) is 7.04. The zero-order valence-electron chi connectivity index (χ0n) is 14.3. The van der Waals surface area contributed by atoms with Gasteiger partial charge in [-0.05, 0) is 36.8 Å². The first-order chi connectivity index (χ1) is 13.2. The average molecular weight is 381 g/mol. The molecule has 0 aliphatic carbocycles. The number of amides is 1. The summed E-state index contributed by atoms with van der Waals surface area (Å²) >= 11 is 1.51. The van der Waals surface area contributed by atoms with Crippen molar-refractivity contribution in [2.75, 3.05) is 17.4 Å². The van der Waals surface area contributed by atoms with Crippen molar-refractivity contribution in [1.82, 2.24) is 4.98 Å². The highest BCUT2D eigenvalue weighted by Gasteiger charge is 2.26. The molecule has 1 aromatic heterocycles. The summed E-state index contributed by atoms with van der Waals surface area (Å²) in [6, 6.07) is 9.47. The quantitative estimate of drug-likeness (QED) is 0.714. The van der Waals surface area contributed by atoms with Gasteiger partial charge in [-0.15, -0.1) is 11.3 Å². The van der Waals surface area contributed by atoms with Gasteiger partial charge in [0, 0.05) is 11.6 Å². The smallest absolute Gasteiger partial charge is 0.265 e. The van der Waals surface area contributed by atoms with E-state index < -0.39 is 6.10 Å². The van der Waals surface area contributed by atoms with Gasteiger partial charge >= 0.3 is 0 Å². The predicted octanol–water partition coefficient (Wildman–Crippen LogP) is 4.00. The van der Waals surface area contributed by atoms with Gasteiger partial charge in [-0.1, -0.05) is 6.07 Å². The first-order valence-corrected chi connectivity index (χ1v) is 9.28. The summed E-state index contributed by atoms with van der Waals surface area (Å²) in [6.45, 7) is 1.89. The van der Waals surface area contributed by atoms with E-state index in [1.54, 1.807) is 13.1 Å².